The molecule has 0 aromatic carbocycles. The summed E-state index contributed by atoms with van der Waals surface area (Å²) in [6.07, 6.45) is 3.58. The lowest BCUT2D eigenvalue weighted by molar-refractivity contribution is -0.120. The summed E-state index contributed by atoms with van der Waals surface area (Å²) in [6.45, 7) is 4.86. The number of amides is 1. The minimum absolute atomic E-state index is 0.0918. The average molecular weight is 209 g/mol. The SMILES string of the molecule is CC1(C)CCCC1NCC(=O)NCC#N. The van der Waals surface area contributed by atoms with Gasteiger partial charge < -0.3 is 10.6 Å². The Balaban J connectivity index is 2.25. The van der Waals surface area contributed by atoms with Crippen LogP contribution in [0.5, 0.6) is 0 Å². The molecule has 1 rings (SSSR count). The predicted octanol–water partition coefficient (Wildman–Crippen LogP) is 0.794. The van der Waals surface area contributed by atoms with Crippen molar-refractivity contribution in [2.75, 3.05) is 13.1 Å². The monoisotopic (exact) mass is 209 g/mol. The number of carbonyl (C=O) groups is 1. The number of rotatable bonds is 4. The molecular formula is C11H19N3O. The Hall–Kier alpha value is -1.08. The van der Waals surface area contributed by atoms with Crippen molar-refractivity contribution >= 4 is 5.91 Å². The fourth-order valence-electron chi connectivity index (χ4n) is 2.12. The molecule has 0 aliphatic heterocycles. The Morgan fingerprint density at radius 2 is 2.33 bits per heavy atom. The quantitative estimate of drug-likeness (QED) is 0.673. The van der Waals surface area contributed by atoms with E-state index < -0.39 is 0 Å². The van der Waals surface area contributed by atoms with E-state index in [1.807, 2.05) is 6.07 Å². The first-order valence-electron chi connectivity index (χ1n) is 5.43. The Kier molecular flexibility index (Phi) is 4.10. The molecule has 84 valence electrons. The smallest absolute Gasteiger partial charge is 0.234 e. The summed E-state index contributed by atoms with van der Waals surface area (Å²) in [5.41, 5.74) is 0.287. The van der Waals surface area contributed by atoms with Crippen LogP contribution in [0, 0.1) is 16.7 Å². The van der Waals surface area contributed by atoms with Crippen LogP contribution in [-0.2, 0) is 4.79 Å². The van der Waals surface area contributed by atoms with Gasteiger partial charge in [-0.15, -0.1) is 0 Å². The minimum Gasteiger partial charge on any atom is -0.342 e. The van der Waals surface area contributed by atoms with Crippen LogP contribution in [0.3, 0.4) is 0 Å². The third-order valence-electron chi connectivity index (χ3n) is 3.13. The summed E-state index contributed by atoms with van der Waals surface area (Å²) in [7, 11) is 0. The molecule has 0 bridgehead atoms. The summed E-state index contributed by atoms with van der Waals surface area (Å²) in [6, 6.07) is 2.30. The molecule has 0 saturated heterocycles. The van der Waals surface area contributed by atoms with Gasteiger partial charge in [-0.1, -0.05) is 20.3 Å². The molecule has 1 atom stereocenters. The van der Waals surface area contributed by atoms with Crippen LogP contribution in [0.15, 0.2) is 0 Å². The van der Waals surface area contributed by atoms with Gasteiger partial charge in [-0.25, -0.2) is 0 Å². The van der Waals surface area contributed by atoms with Crippen molar-refractivity contribution < 1.29 is 4.79 Å². The largest absolute Gasteiger partial charge is 0.342 e. The summed E-state index contributed by atoms with van der Waals surface area (Å²) < 4.78 is 0. The van der Waals surface area contributed by atoms with E-state index in [0.29, 0.717) is 12.6 Å². The first-order valence-corrected chi connectivity index (χ1v) is 5.43. The summed E-state index contributed by atoms with van der Waals surface area (Å²) in [4.78, 5) is 11.2. The molecule has 4 heteroatoms. The van der Waals surface area contributed by atoms with E-state index in [4.69, 9.17) is 5.26 Å². The van der Waals surface area contributed by atoms with Crippen molar-refractivity contribution in [2.24, 2.45) is 5.41 Å². The van der Waals surface area contributed by atoms with Crippen molar-refractivity contribution in [3.05, 3.63) is 0 Å². The van der Waals surface area contributed by atoms with Gasteiger partial charge in [0, 0.05) is 6.04 Å². The number of nitrogens with zero attached hydrogens (tertiary/aromatic N) is 1. The fourth-order valence-corrected chi connectivity index (χ4v) is 2.12. The fraction of sp³-hybridized carbons (Fsp3) is 0.818. The highest BCUT2D eigenvalue weighted by Crippen LogP contribution is 2.36. The van der Waals surface area contributed by atoms with Gasteiger partial charge in [0.15, 0.2) is 0 Å². The van der Waals surface area contributed by atoms with Gasteiger partial charge in [0.05, 0.1) is 12.6 Å². The summed E-state index contributed by atoms with van der Waals surface area (Å²) in [5.74, 6) is -0.0979. The molecule has 1 amide bonds. The van der Waals surface area contributed by atoms with Crippen LogP contribution in [-0.4, -0.2) is 25.0 Å². The highest BCUT2D eigenvalue weighted by Gasteiger charge is 2.34. The number of hydrogen-bond acceptors (Lipinski definition) is 3. The second-order valence-corrected chi connectivity index (χ2v) is 4.75. The third-order valence-corrected chi connectivity index (χ3v) is 3.13. The van der Waals surface area contributed by atoms with Gasteiger partial charge in [0.2, 0.25) is 5.91 Å². The lowest BCUT2D eigenvalue weighted by Crippen LogP contribution is -2.43. The lowest BCUT2D eigenvalue weighted by atomic mass is 9.87. The molecule has 0 aromatic rings. The van der Waals surface area contributed by atoms with Gasteiger partial charge in [-0.05, 0) is 18.3 Å². The van der Waals surface area contributed by atoms with Crippen LogP contribution in [0.2, 0.25) is 0 Å². The molecule has 4 nitrogen and oxygen atoms in total. The Morgan fingerprint density at radius 1 is 1.60 bits per heavy atom. The maximum Gasteiger partial charge on any atom is 0.234 e. The molecule has 0 spiro atoms. The molecule has 1 aliphatic rings. The van der Waals surface area contributed by atoms with E-state index in [9.17, 15) is 4.79 Å². The van der Waals surface area contributed by atoms with Crippen molar-refractivity contribution in [1.29, 1.82) is 5.26 Å². The van der Waals surface area contributed by atoms with Crippen LogP contribution < -0.4 is 10.6 Å². The average Bonchev–Trinajstić information content (AvgIpc) is 2.51. The van der Waals surface area contributed by atoms with Crippen molar-refractivity contribution in [3.8, 4) is 6.07 Å². The maximum absolute atomic E-state index is 11.2. The van der Waals surface area contributed by atoms with Crippen LogP contribution in [0.25, 0.3) is 0 Å². The first-order chi connectivity index (χ1) is 7.06. The van der Waals surface area contributed by atoms with E-state index in [0.717, 1.165) is 6.42 Å². The first kappa shape index (κ1) is 12.0. The van der Waals surface area contributed by atoms with Crippen LogP contribution >= 0.6 is 0 Å². The number of carbonyl (C=O) groups excluding carboxylic acids is 1. The molecule has 1 fully saturated rings. The van der Waals surface area contributed by atoms with E-state index in [-0.39, 0.29) is 17.9 Å². The molecule has 0 heterocycles. The van der Waals surface area contributed by atoms with Crippen molar-refractivity contribution in [1.82, 2.24) is 10.6 Å². The van der Waals surface area contributed by atoms with Gasteiger partial charge in [0.25, 0.3) is 0 Å². The Labute approximate surface area is 91.0 Å². The topological polar surface area (TPSA) is 64.9 Å². The van der Waals surface area contributed by atoms with Crippen molar-refractivity contribution in [3.63, 3.8) is 0 Å². The van der Waals surface area contributed by atoms with Gasteiger partial charge in [0.1, 0.15) is 6.54 Å². The van der Waals surface area contributed by atoms with E-state index >= 15 is 0 Å². The molecule has 0 radical (unpaired) electrons. The second kappa shape index (κ2) is 5.13. The molecule has 1 saturated carbocycles. The molecular weight excluding hydrogens is 190 g/mol. The zero-order chi connectivity index (χ0) is 11.3. The highest BCUT2D eigenvalue weighted by atomic mass is 16.1. The highest BCUT2D eigenvalue weighted by molar-refractivity contribution is 5.78. The Morgan fingerprint density at radius 3 is 2.87 bits per heavy atom. The predicted molar refractivity (Wildman–Crippen MR) is 58.0 cm³/mol. The lowest BCUT2D eigenvalue weighted by Gasteiger charge is -2.27. The maximum atomic E-state index is 11.2. The number of nitrogens with one attached hydrogen (secondary N) is 2. The van der Waals surface area contributed by atoms with Gasteiger partial charge in [-0.2, -0.15) is 5.26 Å². The number of hydrogen-bond donors (Lipinski definition) is 2. The summed E-state index contributed by atoms with van der Waals surface area (Å²) >= 11 is 0. The molecule has 2 N–H and O–H groups in total. The normalized spacial score (nSPS) is 23.4. The van der Waals surface area contributed by atoms with E-state index in [1.54, 1.807) is 0 Å². The van der Waals surface area contributed by atoms with E-state index in [1.165, 1.54) is 12.8 Å². The molecule has 1 aliphatic carbocycles. The third kappa shape index (κ3) is 3.52. The molecule has 0 aromatic heterocycles. The summed E-state index contributed by atoms with van der Waals surface area (Å²) in [5, 5.41) is 14.1. The zero-order valence-corrected chi connectivity index (χ0v) is 9.47. The molecule has 15 heavy (non-hydrogen) atoms. The van der Waals surface area contributed by atoms with Gasteiger partial charge in [-0.3, -0.25) is 4.79 Å². The van der Waals surface area contributed by atoms with Crippen LogP contribution in [0.1, 0.15) is 33.1 Å². The molecule has 1 unspecified atom stereocenters. The van der Waals surface area contributed by atoms with Crippen molar-refractivity contribution in [2.45, 2.75) is 39.2 Å². The standard InChI is InChI=1S/C11H19N3O/c1-11(2)5-3-4-9(11)14-8-10(15)13-7-6-12/h9,14H,3-5,7-8H2,1-2H3,(H,13,15). The Bertz CT molecular complexity index is 267. The minimum atomic E-state index is -0.0979. The second-order valence-electron chi connectivity index (χ2n) is 4.75. The van der Waals surface area contributed by atoms with Gasteiger partial charge >= 0.3 is 0 Å². The van der Waals surface area contributed by atoms with E-state index in [2.05, 4.69) is 24.5 Å². The van der Waals surface area contributed by atoms with Crippen LogP contribution in [0.4, 0.5) is 0 Å². The number of nitriles is 1. The zero-order valence-electron chi connectivity index (χ0n) is 9.47.